The highest BCUT2D eigenvalue weighted by Gasteiger charge is 2.37. The van der Waals surface area contributed by atoms with Crippen LogP contribution in [-0.2, 0) is 6.42 Å². The van der Waals surface area contributed by atoms with E-state index in [0.717, 1.165) is 17.9 Å². The SMILES string of the molecule is COc1ccc(CC2(O)CCNC(C(C)Oc3ccc(O)cc3)C2)cc1. The van der Waals surface area contributed by atoms with Crippen LogP contribution in [-0.4, -0.2) is 41.6 Å². The van der Waals surface area contributed by atoms with Gasteiger partial charge in [0.15, 0.2) is 0 Å². The molecule has 0 saturated carbocycles. The molecule has 1 aliphatic heterocycles. The zero-order valence-electron chi connectivity index (χ0n) is 15.3. The Balaban J connectivity index is 1.62. The van der Waals surface area contributed by atoms with E-state index in [1.54, 1.807) is 31.4 Å². The number of phenolic OH excluding ortho intramolecular Hbond substituents is 1. The van der Waals surface area contributed by atoms with Crippen molar-refractivity contribution in [1.29, 1.82) is 0 Å². The molecule has 3 N–H and O–H groups in total. The summed E-state index contributed by atoms with van der Waals surface area (Å²) in [7, 11) is 1.65. The van der Waals surface area contributed by atoms with E-state index in [1.807, 2.05) is 31.2 Å². The Morgan fingerprint density at radius 1 is 1.12 bits per heavy atom. The topological polar surface area (TPSA) is 71.0 Å². The fourth-order valence-corrected chi connectivity index (χ4v) is 3.51. The Hall–Kier alpha value is -2.24. The van der Waals surface area contributed by atoms with E-state index in [9.17, 15) is 10.2 Å². The number of ether oxygens (including phenoxy) is 2. The van der Waals surface area contributed by atoms with Crippen molar-refractivity contribution in [3.05, 3.63) is 54.1 Å². The zero-order valence-corrected chi connectivity index (χ0v) is 15.3. The van der Waals surface area contributed by atoms with Crippen LogP contribution in [0.15, 0.2) is 48.5 Å². The van der Waals surface area contributed by atoms with Gasteiger partial charge in [-0.25, -0.2) is 0 Å². The maximum atomic E-state index is 11.1. The van der Waals surface area contributed by atoms with Crippen molar-refractivity contribution in [3.8, 4) is 17.2 Å². The highest BCUT2D eigenvalue weighted by Crippen LogP contribution is 2.29. The van der Waals surface area contributed by atoms with Crippen LogP contribution in [0.5, 0.6) is 17.2 Å². The van der Waals surface area contributed by atoms with Crippen LogP contribution >= 0.6 is 0 Å². The molecule has 1 saturated heterocycles. The van der Waals surface area contributed by atoms with Crippen LogP contribution in [0.4, 0.5) is 0 Å². The number of aromatic hydroxyl groups is 1. The fraction of sp³-hybridized carbons (Fsp3) is 0.429. The van der Waals surface area contributed by atoms with Crippen LogP contribution in [0.2, 0.25) is 0 Å². The van der Waals surface area contributed by atoms with E-state index in [2.05, 4.69) is 5.32 Å². The molecule has 26 heavy (non-hydrogen) atoms. The summed E-state index contributed by atoms with van der Waals surface area (Å²) >= 11 is 0. The van der Waals surface area contributed by atoms with Gasteiger partial charge in [-0.1, -0.05) is 12.1 Å². The van der Waals surface area contributed by atoms with Gasteiger partial charge in [-0.3, -0.25) is 0 Å². The molecule has 1 heterocycles. The number of rotatable bonds is 6. The highest BCUT2D eigenvalue weighted by molar-refractivity contribution is 5.30. The summed E-state index contributed by atoms with van der Waals surface area (Å²) in [5, 5.41) is 23.9. The second kappa shape index (κ2) is 7.98. The summed E-state index contributed by atoms with van der Waals surface area (Å²) < 4.78 is 11.2. The molecule has 3 rings (SSSR count). The molecule has 0 radical (unpaired) electrons. The van der Waals surface area contributed by atoms with Gasteiger partial charge in [0, 0.05) is 12.5 Å². The van der Waals surface area contributed by atoms with E-state index in [1.165, 1.54) is 0 Å². The van der Waals surface area contributed by atoms with Crippen molar-refractivity contribution in [2.75, 3.05) is 13.7 Å². The summed E-state index contributed by atoms with van der Waals surface area (Å²) in [6, 6.07) is 14.6. The van der Waals surface area contributed by atoms with Crippen LogP contribution < -0.4 is 14.8 Å². The molecule has 0 bridgehead atoms. The number of hydrogen-bond donors (Lipinski definition) is 3. The molecule has 0 amide bonds. The third-order valence-corrected chi connectivity index (χ3v) is 5.01. The van der Waals surface area contributed by atoms with Gasteiger partial charge in [0.25, 0.3) is 0 Å². The second-order valence-corrected chi connectivity index (χ2v) is 7.08. The normalized spacial score (nSPS) is 24.0. The number of aliphatic hydroxyl groups is 1. The first-order valence-corrected chi connectivity index (χ1v) is 9.02. The maximum absolute atomic E-state index is 11.1. The Kier molecular flexibility index (Phi) is 5.69. The first-order valence-electron chi connectivity index (χ1n) is 9.02. The van der Waals surface area contributed by atoms with Crippen molar-refractivity contribution in [2.24, 2.45) is 0 Å². The lowest BCUT2D eigenvalue weighted by atomic mass is 9.81. The third kappa shape index (κ3) is 4.68. The molecular formula is C21H27NO4. The lowest BCUT2D eigenvalue weighted by Crippen LogP contribution is -2.54. The molecule has 1 fully saturated rings. The minimum Gasteiger partial charge on any atom is -0.508 e. The number of methoxy groups -OCH3 is 1. The van der Waals surface area contributed by atoms with E-state index in [-0.39, 0.29) is 17.9 Å². The van der Waals surface area contributed by atoms with Crippen LogP contribution in [0.25, 0.3) is 0 Å². The Bertz CT molecular complexity index is 701. The number of benzene rings is 2. The molecule has 5 heteroatoms. The smallest absolute Gasteiger partial charge is 0.120 e. The fourth-order valence-electron chi connectivity index (χ4n) is 3.51. The maximum Gasteiger partial charge on any atom is 0.120 e. The first-order chi connectivity index (χ1) is 12.5. The number of nitrogens with one attached hydrogen (secondary N) is 1. The molecule has 3 atom stereocenters. The van der Waals surface area contributed by atoms with Crippen LogP contribution in [0, 0.1) is 0 Å². The monoisotopic (exact) mass is 357 g/mol. The molecule has 140 valence electrons. The largest absolute Gasteiger partial charge is 0.508 e. The molecule has 0 aromatic heterocycles. The van der Waals surface area contributed by atoms with Gasteiger partial charge in [-0.2, -0.15) is 0 Å². The first kappa shape index (κ1) is 18.5. The Labute approximate surface area is 154 Å². The van der Waals surface area contributed by atoms with Gasteiger partial charge < -0.3 is 25.0 Å². The van der Waals surface area contributed by atoms with Crippen LogP contribution in [0.1, 0.15) is 25.3 Å². The summed E-state index contributed by atoms with van der Waals surface area (Å²) in [5.74, 6) is 1.75. The molecular weight excluding hydrogens is 330 g/mol. The minimum atomic E-state index is -0.753. The molecule has 3 unspecified atom stereocenters. The third-order valence-electron chi connectivity index (χ3n) is 5.01. The van der Waals surface area contributed by atoms with Gasteiger partial charge >= 0.3 is 0 Å². The molecule has 0 spiro atoms. The molecule has 2 aromatic rings. The number of hydrogen-bond acceptors (Lipinski definition) is 5. The van der Waals surface area contributed by atoms with E-state index >= 15 is 0 Å². The quantitative estimate of drug-likeness (QED) is 0.742. The summed E-state index contributed by atoms with van der Waals surface area (Å²) in [4.78, 5) is 0. The van der Waals surface area contributed by atoms with Gasteiger partial charge in [0.05, 0.1) is 12.7 Å². The standard InChI is InChI=1S/C21H27NO4/c1-15(26-19-9-5-17(23)6-10-19)20-14-21(24,11-12-22-20)13-16-3-7-18(25-2)8-4-16/h3-10,15,20,22-24H,11-14H2,1-2H3. The lowest BCUT2D eigenvalue weighted by Gasteiger charge is -2.40. The number of piperidine rings is 1. The van der Waals surface area contributed by atoms with Gasteiger partial charge in [-0.15, -0.1) is 0 Å². The Morgan fingerprint density at radius 2 is 1.77 bits per heavy atom. The second-order valence-electron chi connectivity index (χ2n) is 7.08. The predicted octanol–water partition coefficient (Wildman–Crippen LogP) is 2.89. The molecule has 0 aliphatic carbocycles. The van der Waals surface area contributed by atoms with E-state index in [0.29, 0.717) is 25.0 Å². The highest BCUT2D eigenvalue weighted by atomic mass is 16.5. The zero-order chi connectivity index (χ0) is 18.6. The van der Waals surface area contributed by atoms with Gasteiger partial charge in [0.2, 0.25) is 0 Å². The minimum absolute atomic E-state index is 0.0563. The molecule has 2 aromatic carbocycles. The Morgan fingerprint density at radius 3 is 2.42 bits per heavy atom. The van der Waals surface area contributed by atoms with E-state index < -0.39 is 5.60 Å². The van der Waals surface area contributed by atoms with Gasteiger partial charge in [0.1, 0.15) is 23.4 Å². The van der Waals surface area contributed by atoms with Crippen molar-refractivity contribution in [3.63, 3.8) is 0 Å². The average molecular weight is 357 g/mol. The van der Waals surface area contributed by atoms with Gasteiger partial charge in [-0.05, 0) is 68.3 Å². The lowest BCUT2D eigenvalue weighted by molar-refractivity contribution is -0.0206. The van der Waals surface area contributed by atoms with E-state index in [4.69, 9.17) is 9.47 Å². The molecule has 1 aliphatic rings. The number of phenols is 1. The van der Waals surface area contributed by atoms with Crippen molar-refractivity contribution in [2.45, 2.75) is 43.9 Å². The summed E-state index contributed by atoms with van der Waals surface area (Å²) in [6.07, 6.45) is 1.85. The summed E-state index contributed by atoms with van der Waals surface area (Å²) in [6.45, 7) is 2.75. The van der Waals surface area contributed by atoms with Crippen molar-refractivity contribution >= 4 is 0 Å². The van der Waals surface area contributed by atoms with Crippen LogP contribution in [0.3, 0.4) is 0 Å². The summed E-state index contributed by atoms with van der Waals surface area (Å²) in [5.41, 5.74) is 0.345. The van der Waals surface area contributed by atoms with Crippen molar-refractivity contribution < 1.29 is 19.7 Å². The average Bonchev–Trinajstić information content (AvgIpc) is 2.64. The molecule has 5 nitrogen and oxygen atoms in total. The predicted molar refractivity (Wildman–Crippen MR) is 101 cm³/mol. The van der Waals surface area contributed by atoms with Crippen molar-refractivity contribution in [1.82, 2.24) is 5.32 Å².